The van der Waals surface area contributed by atoms with Crippen molar-refractivity contribution in [2.75, 3.05) is 13.6 Å². The van der Waals surface area contributed by atoms with Gasteiger partial charge in [-0.3, -0.25) is 9.67 Å². The summed E-state index contributed by atoms with van der Waals surface area (Å²) in [7, 11) is 1.74. The fourth-order valence-corrected chi connectivity index (χ4v) is 3.55. The highest BCUT2D eigenvalue weighted by Crippen LogP contribution is 2.44. The van der Waals surface area contributed by atoms with Crippen LogP contribution in [0.1, 0.15) is 35.7 Å². The molecule has 1 aromatic heterocycles. The number of nitrogens with zero attached hydrogens (tertiary/aromatic N) is 3. The highest BCUT2D eigenvalue weighted by atomic mass is 35.5. The zero-order valence-corrected chi connectivity index (χ0v) is 16.1. The minimum atomic E-state index is -0.236. The van der Waals surface area contributed by atoms with Crippen molar-refractivity contribution in [2.24, 2.45) is 4.99 Å². The first-order chi connectivity index (χ1) is 12.5. The van der Waals surface area contributed by atoms with Crippen LogP contribution in [0.4, 0.5) is 4.39 Å². The summed E-state index contributed by atoms with van der Waals surface area (Å²) in [6, 6.07) is 7.07. The van der Waals surface area contributed by atoms with Crippen molar-refractivity contribution in [3.8, 4) is 0 Å². The van der Waals surface area contributed by atoms with Crippen LogP contribution in [0, 0.1) is 19.7 Å². The van der Waals surface area contributed by atoms with E-state index in [9.17, 15) is 4.39 Å². The fourth-order valence-electron chi connectivity index (χ4n) is 3.25. The maximum Gasteiger partial charge on any atom is 0.191 e. The highest BCUT2D eigenvalue weighted by molar-refractivity contribution is 6.31. The van der Waals surface area contributed by atoms with E-state index in [1.165, 1.54) is 11.8 Å². The Kier molecular flexibility index (Phi) is 5.81. The van der Waals surface area contributed by atoms with Crippen LogP contribution >= 0.6 is 11.6 Å². The molecule has 0 aliphatic heterocycles. The standard InChI is InChI=1S/C19H25ClFN5/c1-12-10-13(2)26(25-12)9-5-8-23-19(22-3)24-17-11-14(17)18-15(20)6-4-7-16(18)21/h4,6-7,10,14,17H,5,8-9,11H2,1-3H3,(H2,22,23,24). The molecule has 5 nitrogen and oxygen atoms in total. The molecule has 0 bridgehead atoms. The van der Waals surface area contributed by atoms with Gasteiger partial charge in [0, 0.05) is 48.4 Å². The zero-order valence-electron chi connectivity index (χ0n) is 15.4. The Morgan fingerprint density at radius 1 is 1.42 bits per heavy atom. The maximum absolute atomic E-state index is 14.0. The molecule has 1 aliphatic rings. The highest BCUT2D eigenvalue weighted by Gasteiger charge is 2.41. The van der Waals surface area contributed by atoms with Crippen LogP contribution in [-0.4, -0.2) is 35.4 Å². The first-order valence-electron chi connectivity index (χ1n) is 8.91. The first kappa shape index (κ1) is 18.7. The molecule has 7 heteroatoms. The lowest BCUT2D eigenvalue weighted by Gasteiger charge is -2.13. The number of halogens is 2. The van der Waals surface area contributed by atoms with Crippen molar-refractivity contribution in [2.45, 2.75) is 45.2 Å². The van der Waals surface area contributed by atoms with E-state index in [1.54, 1.807) is 19.2 Å². The third kappa shape index (κ3) is 4.36. The Labute approximate surface area is 158 Å². The molecule has 2 unspecified atom stereocenters. The molecule has 0 radical (unpaired) electrons. The van der Waals surface area contributed by atoms with Crippen molar-refractivity contribution in [1.29, 1.82) is 0 Å². The number of aliphatic imine (C=N–C) groups is 1. The molecule has 0 amide bonds. The molecule has 1 heterocycles. The van der Waals surface area contributed by atoms with Crippen molar-refractivity contribution < 1.29 is 4.39 Å². The fraction of sp³-hybridized carbons (Fsp3) is 0.474. The number of guanidine groups is 1. The van der Waals surface area contributed by atoms with E-state index in [-0.39, 0.29) is 17.8 Å². The summed E-state index contributed by atoms with van der Waals surface area (Å²) in [6.45, 7) is 5.72. The molecule has 1 saturated carbocycles. The average Bonchev–Trinajstić information content (AvgIpc) is 3.26. The maximum atomic E-state index is 14.0. The van der Waals surface area contributed by atoms with Crippen LogP contribution in [0.3, 0.4) is 0 Å². The van der Waals surface area contributed by atoms with Crippen LogP contribution in [0.5, 0.6) is 0 Å². The molecule has 2 aromatic rings. The lowest BCUT2D eigenvalue weighted by molar-refractivity contribution is 0.555. The Bertz CT molecular complexity index is 781. The molecule has 2 N–H and O–H groups in total. The molecule has 1 fully saturated rings. The van der Waals surface area contributed by atoms with Gasteiger partial charge in [0.1, 0.15) is 5.82 Å². The number of hydrogen-bond donors (Lipinski definition) is 2. The quantitative estimate of drug-likeness (QED) is 0.461. The Hall–Kier alpha value is -2.08. The number of benzene rings is 1. The van der Waals surface area contributed by atoms with Crippen molar-refractivity contribution in [1.82, 2.24) is 20.4 Å². The third-order valence-electron chi connectivity index (χ3n) is 4.65. The largest absolute Gasteiger partial charge is 0.356 e. The minimum Gasteiger partial charge on any atom is -0.356 e. The van der Waals surface area contributed by atoms with Gasteiger partial charge in [0.15, 0.2) is 5.96 Å². The lowest BCUT2D eigenvalue weighted by Crippen LogP contribution is -2.39. The first-order valence-corrected chi connectivity index (χ1v) is 9.29. The molecule has 2 atom stereocenters. The third-order valence-corrected chi connectivity index (χ3v) is 4.98. The van der Waals surface area contributed by atoms with Crippen LogP contribution in [0.25, 0.3) is 0 Å². The zero-order chi connectivity index (χ0) is 18.7. The molecule has 140 valence electrons. The van der Waals surface area contributed by atoms with Gasteiger partial charge in [-0.2, -0.15) is 5.10 Å². The molecule has 26 heavy (non-hydrogen) atoms. The van der Waals surface area contributed by atoms with Crippen LogP contribution in [0.2, 0.25) is 5.02 Å². The molecule has 0 spiro atoms. The average molecular weight is 378 g/mol. The minimum absolute atomic E-state index is 0.0944. The number of aryl methyl sites for hydroxylation is 3. The van der Waals surface area contributed by atoms with Gasteiger partial charge in [0.05, 0.1) is 5.69 Å². The van der Waals surface area contributed by atoms with Crippen LogP contribution in [0.15, 0.2) is 29.3 Å². The van der Waals surface area contributed by atoms with E-state index in [0.717, 1.165) is 37.6 Å². The number of nitrogens with one attached hydrogen (secondary N) is 2. The van der Waals surface area contributed by atoms with Gasteiger partial charge in [-0.05, 0) is 44.9 Å². The summed E-state index contributed by atoms with van der Waals surface area (Å²) in [5.41, 5.74) is 2.82. The lowest BCUT2D eigenvalue weighted by atomic mass is 10.1. The Morgan fingerprint density at radius 2 is 2.23 bits per heavy atom. The summed E-state index contributed by atoms with van der Waals surface area (Å²) in [6.07, 6.45) is 1.79. The van der Waals surface area contributed by atoms with Gasteiger partial charge < -0.3 is 10.6 Å². The van der Waals surface area contributed by atoms with E-state index >= 15 is 0 Å². The normalized spacial score (nSPS) is 19.5. The molecule has 1 aliphatic carbocycles. The van der Waals surface area contributed by atoms with E-state index < -0.39 is 0 Å². The number of aromatic nitrogens is 2. The summed E-state index contributed by atoms with van der Waals surface area (Å²) in [4.78, 5) is 4.25. The van der Waals surface area contributed by atoms with E-state index in [4.69, 9.17) is 11.6 Å². The van der Waals surface area contributed by atoms with E-state index in [1.807, 2.05) is 11.6 Å². The van der Waals surface area contributed by atoms with E-state index in [0.29, 0.717) is 10.6 Å². The van der Waals surface area contributed by atoms with Crippen molar-refractivity contribution in [3.63, 3.8) is 0 Å². The van der Waals surface area contributed by atoms with Gasteiger partial charge in [-0.1, -0.05) is 17.7 Å². The predicted molar refractivity (Wildman–Crippen MR) is 103 cm³/mol. The second kappa shape index (κ2) is 8.08. The van der Waals surface area contributed by atoms with Crippen molar-refractivity contribution in [3.05, 3.63) is 52.1 Å². The van der Waals surface area contributed by atoms with E-state index in [2.05, 4.69) is 33.7 Å². The Balaban J connectivity index is 1.45. The second-order valence-electron chi connectivity index (χ2n) is 6.73. The topological polar surface area (TPSA) is 54.2 Å². The summed E-state index contributed by atoms with van der Waals surface area (Å²) in [5, 5.41) is 11.6. The van der Waals surface area contributed by atoms with Gasteiger partial charge in [0.2, 0.25) is 0 Å². The van der Waals surface area contributed by atoms with Crippen LogP contribution < -0.4 is 10.6 Å². The molecule has 0 saturated heterocycles. The molecule has 1 aromatic carbocycles. The van der Waals surface area contributed by atoms with Gasteiger partial charge in [0.25, 0.3) is 0 Å². The van der Waals surface area contributed by atoms with Crippen molar-refractivity contribution >= 4 is 17.6 Å². The van der Waals surface area contributed by atoms with Crippen LogP contribution in [-0.2, 0) is 6.54 Å². The molecular weight excluding hydrogens is 353 g/mol. The summed E-state index contributed by atoms with van der Waals surface area (Å²) < 4.78 is 16.0. The molecule has 3 rings (SSSR count). The SMILES string of the molecule is CN=C(NCCCn1nc(C)cc1C)NC1CC1c1c(F)cccc1Cl. The summed E-state index contributed by atoms with van der Waals surface area (Å²) in [5.74, 6) is 0.593. The smallest absolute Gasteiger partial charge is 0.191 e. The molecular formula is C19H25ClFN5. The number of rotatable bonds is 6. The second-order valence-corrected chi connectivity index (χ2v) is 7.14. The van der Waals surface area contributed by atoms with Gasteiger partial charge >= 0.3 is 0 Å². The predicted octanol–water partition coefficient (Wildman–Crippen LogP) is 3.40. The monoisotopic (exact) mass is 377 g/mol. The number of hydrogen-bond acceptors (Lipinski definition) is 2. The van der Waals surface area contributed by atoms with Gasteiger partial charge in [-0.15, -0.1) is 0 Å². The van der Waals surface area contributed by atoms with Gasteiger partial charge in [-0.25, -0.2) is 4.39 Å². The Morgan fingerprint density at radius 3 is 2.88 bits per heavy atom. The summed E-state index contributed by atoms with van der Waals surface area (Å²) >= 11 is 6.15.